The Hall–Kier alpha value is -0.970. The van der Waals surface area contributed by atoms with Gasteiger partial charge in [-0.2, -0.15) is 0 Å². The first-order valence-electron chi connectivity index (χ1n) is 5.14. The van der Waals surface area contributed by atoms with E-state index in [2.05, 4.69) is 0 Å². The molecular formula is C10H11NO3S. The number of hydrogen-bond acceptors (Lipinski definition) is 3. The smallest absolute Gasteiger partial charge is 0.353 e. The molecule has 0 aromatic rings. The molecule has 5 heteroatoms. The molecule has 1 N–H and O–H groups in total. The van der Waals surface area contributed by atoms with Crippen LogP contribution in [0.25, 0.3) is 0 Å². The number of allylic oxidation sites excluding steroid dienone is 1. The summed E-state index contributed by atoms with van der Waals surface area (Å²) in [4.78, 5) is 24.9. The zero-order valence-electron chi connectivity index (χ0n) is 8.10. The van der Waals surface area contributed by atoms with E-state index in [0.717, 1.165) is 17.7 Å². The molecular weight excluding hydrogens is 214 g/mol. The highest BCUT2D eigenvalue weighted by Crippen LogP contribution is 2.52. The molecule has 0 aromatic carbocycles. The summed E-state index contributed by atoms with van der Waals surface area (Å²) in [5.41, 5.74) is 0.269. The van der Waals surface area contributed by atoms with Crippen molar-refractivity contribution < 1.29 is 14.7 Å². The number of nitrogens with zero attached hydrogens (tertiary/aromatic N) is 1. The molecule has 0 spiro atoms. The second-order valence-electron chi connectivity index (χ2n) is 4.19. The van der Waals surface area contributed by atoms with E-state index in [4.69, 9.17) is 5.11 Å². The van der Waals surface area contributed by atoms with Gasteiger partial charge in [-0.3, -0.25) is 9.69 Å². The molecule has 0 aromatic heterocycles. The zero-order valence-corrected chi connectivity index (χ0v) is 8.92. The van der Waals surface area contributed by atoms with Crippen LogP contribution in [0.1, 0.15) is 25.7 Å². The van der Waals surface area contributed by atoms with Crippen molar-refractivity contribution in [1.29, 1.82) is 0 Å². The van der Waals surface area contributed by atoms with E-state index in [1.165, 1.54) is 11.3 Å². The standard InChI is InChI=1S/C10H11NO3S/c12-6-4-7-11(6)8(10(13)14)9(15-7)5-2-1-3-5/h5,7H,1-4H2,(H,13,14)/t7-/m0/s1. The number of rotatable bonds is 2. The summed E-state index contributed by atoms with van der Waals surface area (Å²) in [7, 11) is 0. The van der Waals surface area contributed by atoms with Gasteiger partial charge in [0.1, 0.15) is 5.70 Å². The second-order valence-corrected chi connectivity index (χ2v) is 5.41. The molecule has 15 heavy (non-hydrogen) atoms. The maximum absolute atomic E-state index is 11.3. The Morgan fingerprint density at radius 1 is 1.47 bits per heavy atom. The fraction of sp³-hybridized carbons (Fsp3) is 0.600. The highest BCUT2D eigenvalue weighted by molar-refractivity contribution is 8.04. The molecule has 1 saturated carbocycles. The summed E-state index contributed by atoms with van der Waals surface area (Å²) < 4.78 is 0. The van der Waals surface area contributed by atoms with Crippen LogP contribution >= 0.6 is 11.8 Å². The van der Waals surface area contributed by atoms with Crippen LogP contribution in [0.2, 0.25) is 0 Å². The number of amides is 1. The van der Waals surface area contributed by atoms with Crippen molar-refractivity contribution in [3.8, 4) is 0 Å². The van der Waals surface area contributed by atoms with Crippen molar-refractivity contribution in [3.63, 3.8) is 0 Å². The molecule has 3 rings (SSSR count). The minimum atomic E-state index is -0.944. The van der Waals surface area contributed by atoms with Crippen molar-refractivity contribution in [2.75, 3.05) is 0 Å². The Morgan fingerprint density at radius 2 is 2.20 bits per heavy atom. The summed E-state index contributed by atoms with van der Waals surface area (Å²) in [5, 5.41) is 9.21. The summed E-state index contributed by atoms with van der Waals surface area (Å²) in [6.07, 6.45) is 3.83. The molecule has 2 heterocycles. The topological polar surface area (TPSA) is 57.6 Å². The average molecular weight is 225 g/mol. The number of carbonyl (C=O) groups is 2. The third kappa shape index (κ3) is 1.16. The number of fused-ring (bicyclic) bond motifs is 1. The monoisotopic (exact) mass is 225 g/mol. The Labute approximate surface area is 91.3 Å². The van der Waals surface area contributed by atoms with Gasteiger partial charge in [-0.05, 0) is 18.8 Å². The Morgan fingerprint density at radius 3 is 2.67 bits per heavy atom. The second kappa shape index (κ2) is 3.01. The molecule has 0 unspecified atom stereocenters. The van der Waals surface area contributed by atoms with E-state index in [1.54, 1.807) is 11.8 Å². The number of aliphatic carboxylic acids is 1. The number of carboxylic acid groups (broad SMARTS) is 1. The predicted octanol–water partition coefficient (Wildman–Crippen LogP) is 1.39. The highest BCUT2D eigenvalue weighted by Gasteiger charge is 2.50. The van der Waals surface area contributed by atoms with Gasteiger partial charge in [0.05, 0.1) is 11.8 Å². The van der Waals surface area contributed by atoms with E-state index < -0.39 is 5.97 Å². The van der Waals surface area contributed by atoms with Crippen LogP contribution < -0.4 is 0 Å². The van der Waals surface area contributed by atoms with E-state index >= 15 is 0 Å². The molecule has 80 valence electrons. The lowest BCUT2D eigenvalue weighted by atomic mass is 9.84. The number of hydrogen-bond donors (Lipinski definition) is 1. The van der Waals surface area contributed by atoms with Crippen LogP contribution in [0.3, 0.4) is 0 Å². The van der Waals surface area contributed by atoms with E-state index in [9.17, 15) is 9.59 Å². The molecule has 1 atom stereocenters. The van der Waals surface area contributed by atoms with Gasteiger partial charge < -0.3 is 5.11 Å². The molecule has 3 aliphatic rings. The van der Waals surface area contributed by atoms with Gasteiger partial charge in [0.15, 0.2) is 0 Å². The highest BCUT2D eigenvalue weighted by atomic mass is 32.2. The lowest BCUT2D eigenvalue weighted by molar-refractivity contribution is -0.145. The lowest BCUT2D eigenvalue weighted by Gasteiger charge is -2.33. The Balaban J connectivity index is 1.96. The van der Waals surface area contributed by atoms with Crippen LogP contribution in [0.4, 0.5) is 0 Å². The maximum atomic E-state index is 11.3. The summed E-state index contributed by atoms with van der Waals surface area (Å²) >= 11 is 1.59. The van der Waals surface area contributed by atoms with Gasteiger partial charge in [-0.15, -0.1) is 11.8 Å². The summed E-state index contributed by atoms with van der Waals surface area (Å²) in [6, 6.07) is 0. The molecule has 1 aliphatic carbocycles. The van der Waals surface area contributed by atoms with E-state index in [0.29, 0.717) is 12.3 Å². The first-order valence-corrected chi connectivity index (χ1v) is 6.02. The van der Waals surface area contributed by atoms with Gasteiger partial charge in [-0.25, -0.2) is 4.79 Å². The fourth-order valence-electron chi connectivity index (χ4n) is 2.24. The molecule has 0 radical (unpaired) electrons. The third-order valence-corrected chi connectivity index (χ3v) is 4.75. The minimum absolute atomic E-state index is 0.0424. The first-order chi connectivity index (χ1) is 7.18. The summed E-state index contributed by atoms with van der Waals surface area (Å²) in [5.74, 6) is -0.585. The van der Waals surface area contributed by atoms with E-state index in [1.807, 2.05) is 0 Å². The maximum Gasteiger partial charge on any atom is 0.353 e. The average Bonchev–Trinajstić information content (AvgIpc) is 2.36. The van der Waals surface area contributed by atoms with Crippen molar-refractivity contribution in [3.05, 3.63) is 10.6 Å². The van der Waals surface area contributed by atoms with Crippen LogP contribution in [0.5, 0.6) is 0 Å². The number of β-lactam (4-membered cyclic amide) rings is 1. The fourth-order valence-corrected chi connectivity index (χ4v) is 3.81. The summed E-state index contributed by atoms with van der Waals surface area (Å²) in [6.45, 7) is 0. The Kier molecular flexibility index (Phi) is 1.86. The molecule has 0 bridgehead atoms. The molecule has 1 amide bonds. The van der Waals surface area contributed by atoms with Crippen LogP contribution in [0.15, 0.2) is 10.6 Å². The molecule has 2 aliphatic heterocycles. The van der Waals surface area contributed by atoms with Crippen molar-refractivity contribution >= 4 is 23.6 Å². The largest absolute Gasteiger partial charge is 0.477 e. The number of thioether (sulfide) groups is 1. The van der Waals surface area contributed by atoms with Crippen LogP contribution in [-0.2, 0) is 9.59 Å². The SMILES string of the molecule is O=C(O)C1=C(C2CCC2)S[C@H]2CC(=O)N12. The predicted molar refractivity (Wildman–Crippen MR) is 54.8 cm³/mol. The van der Waals surface area contributed by atoms with E-state index in [-0.39, 0.29) is 17.0 Å². The van der Waals surface area contributed by atoms with Crippen LogP contribution in [0, 0.1) is 5.92 Å². The lowest BCUT2D eigenvalue weighted by Crippen LogP contribution is -2.48. The number of carbonyl (C=O) groups excluding carboxylic acids is 1. The van der Waals surface area contributed by atoms with Crippen LogP contribution in [-0.4, -0.2) is 27.3 Å². The first kappa shape index (κ1) is 9.27. The van der Waals surface area contributed by atoms with Gasteiger partial charge in [0, 0.05) is 4.91 Å². The number of carboxylic acids is 1. The molecule has 4 nitrogen and oxygen atoms in total. The van der Waals surface area contributed by atoms with Gasteiger partial charge in [-0.1, -0.05) is 6.42 Å². The zero-order chi connectivity index (χ0) is 10.6. The van der Waals surface area contributed by atoms with Gasteiger partial charge in [0.2, 0.25) is 5.91 Å². The third-order valence-electron chi connectivity index (χ3n) is 3.32. The normalized spacial score (nSPS) is 30.0. The van der Waals surface area contributed by atoms with Crippen molar-refractivity contribution in [1.82, 2.24) is 4.90 Å². The van der Waals surface area contributed by atoms with Gasteiger partial charge >= 0.3 is 5.97 Å². The molecule has 2 fully saturated rings. The quantitative estimate of drug-likeness (QED) is 0.721. The molecule has 1 saturated heterocycles. The van der Waals surface area contributed by atoms with Crippen molar-refractivity contribution in [2.24, 2.45) is 5.92 Å². The Bertz CT molecular complexity index is 386. The van der Waals surface area contributed by atoms with Crippen molar-refractivity contribution in [2.45, 2.75) is 31.1 Å². The van der Waals surface area contributed by atoms with Gasteiger partial charge in [0.25, 0.3) is 0 Å². The minimum Gasteiger partial charge on any atom is -0.477 e.